The minimum atomic E-state index is -0.384. The minimum absolute atomic E-state index is 0.224. The molecule has 0 bridgehead atoms. The van der Waals surface area contributed by atoms with E-state index in [9.17, 15) is 4.79 Å². The van der Waals surface area contributed by atoms with Crippen LogP contribution in [0.2, 0.25) is 5.02 Å². The lowest BCUT2D eigenvalue weighted by atomic mass is 10.1. The van der Waals surface area contributed by atoms with Gasteiger partial charge in [-0.3, -0.25) is 4.79 Å². The number of halogens is 1. The number of methoxy groups -OCH3 is 2. The fourth-order valence-electron chi connectivity index (χ4n) is 2.87. The maximum absolute atomic E-state index is 12.5. The molecule has 1 N–H and O–H groups in total. The number of anilines is 2. The predicted molar refractivity (Wildman–Crippen MR) is 101 cm³/mol. The highest BCUT2D eigenvalue weighted by Gasteiger charge is 2.17. The van der Waals surface area contributed by atoms with Crippen LogP contribution < -0.4 is 19.7 Å². The van der Waals surface area contributed by atoms with Crippen LogP contribution in [0.25, 0.3) is 0 Å². The number of benzene rings is 1. The summed E-state index contributed by atoms with van der Waals surface area (Å²) in [7, 11) is 3.01. The number of carbonyl (C=O) groups excluding carboxylic acids is 1. The Balaban J connectivity index is 1.75. The molecule has 0 spiro atoms. The van der Waals surface area contributed by atoms with Crippen molar-refractivity contribution < 1.29 is 14.3 Å². The van der Waals surface area contributed by atoms with Crippen LogP contribution in [0.4, 0.5) is 11.5 Å². The number of hydrogen-bond acceptors (Lipinski definition) is 6. The van der Waals surface area contributed by atoms with Crippen molar-refractivity contribution in [1.82, 2.24) is 9.97 Å². The summed E-state index contributed by atoms with van der Waals surface area (Å²) < 4.78 is 10.4. The summed E-state index contributed by atoms with van der Waals surface area (Å²) in [5, 5.41) is 3.16. The van der Waals surface area contributed by atoms with Crippen LogP contribution in [0.3, 0.4) is 0 Å². The molecule has 0 unspecified atom stereocenters. The summed E-state index contributed by atoms with van der Waals surface area (Å²) >= 11 is 6.08. The van der Waals surface area contributed by atoms with Crippen molar-refractivity contribution in [2.24, 2.45) is 0 Å². The highest BCUT2D eigenvalue weighted by atomic mass is 35.5. The number of rotatable bonds is 5. The van der Waals surface area contributed by atoms with Crippen molar-refractivity contribution in [3.8, 4) is 11.5 Å². The number of hydrogen-bond donors (Lipinski definition) is 1. The molecule has 1 saturated heterocycles. The fraction of sp³-hybridized carbons (Fsp3) is 0.389. The molecular formula is C18H21ClN4O3. The Kier molecular flexibility index (Phi) is 5.78. The van der Waals surface area contributed by atoms with Crippen molar-refractivity contribution in [1.29, 1.82) is 0 Å². The third-order valence-electron chi connectivity index (χ3n) is 4.27. The summed E-state index contributed by atoms with van der Waals surface area (Å²) in [5.74, 6) is 1.29. The maximum atomic E-state index is 12.5. The standard InChI is InChI=1S/C18H21ClN4O3/c1-25-15-9-13(16(26-2)8-12(15)19)22-18(24)14-10-21-17(11-20-14)23-6-4-3-5-7-23/h8-11H,3-7H2,1-2H3,(H,22,24). The Morgan fingerprint density at radius 2 is 1.81 bits per heavy atom. The number of aromatic nitrogens is 2. The summed E-state index contributed by atoms with van der Waals surface area (Å²) in [6.07, 6.45) is 6.68. The molecule has 2 heterocycles. The van der Waals surface area contributed by atoms with E-state index in [-0.39, 0.29) is 11.6 Å². The van der Waals surface area contributed by atoms with Crippen molar-refractivity contribution >= 4 is 29.0 Å². The van der Waals surface area contributed by atoms with Gasteiger partial charge >= 0.3 is 0 Å². The van der Waals surface area contributed by atoms with Crippen LogP contribution in [0.15, 0.2) is 24.5 Å². The summed E-state index contributed by atoms with van der Waals surface area (Å²) in [6.45, 7) is 1.95. The van der Waals surface area contributed by atoms with Crippen LogP contribution in [0, 0.1) is 0 Å². The lowest BCUT2D eigenvalue weighted by Gasteiger charge is -2.27. The van der Waals surface area contributed by atoms with E-state index < -0.39 is 0 Å². The topological polar surface area (TPSA) is 76.6 Å². The molecule has 8 heteroatoms. The van der Waals surface area contributed by atoms with Crippen LogP contribution in [-0.2, 0) is 0 Å². The third-order valence-corrected chi connectivity index (χ3v) is 4.57. The van der Waals surface area contributed by atoms with Crippen LogP contribution >= 0.6 is 11.6 Å². The average molecular weight is 377 g/mol. The smallest absolute Gasteiger partial charge is 0.275 e. The van der Waals surface area contributed by atoms with Crippen molar-refractivity contribution in [2.45, 2.75) is 19.3 Å². The molecule has 1 fully saturated rings. The second-order valence-electron chi connectivity index (χ2n) is 5.95. The lowest BCUT2D eigenvalue weighted by Crippen LogP contribution is -2.30. The first kappa shape index (κ1) is 18.3. The van der Waals surface area contributed by atoms with Gasteiger partial charge in [0.1, 0.15) is 23.0 Å². The lowest BCUT2D eigenvalue weighted by molar-refractivity contribution is 0.102. The van der Waals surface area contributed by atoms with Gasteiger partial charge in [-0.2, -0.15) is 0 Å². The number of nitrogens with one attached hydrogen (secondary N) is 1. The number of ether oxygens (including phenoxy) is 2. The predicted octanol–water partition coefficient (Wildman–Crippen LogP) is 3.39. The average Bonchev–Trinajstić information content (AvgIpc) is 2.69. The van der Waals surface area contributed by atoms with Gasteiger partial charge < -0.3 is 19.7 Å². The minimum Gasteiger partial charge on any atom is -0.495 e. The Hall–Kier alpha value is -2.54. The van der Waals surface area contributed by atoms with E-state index in [1.807, 2.05) is 0 Å². The van der Waals surface area contributed by atoms with E-state index >= 15 is 0 Å². The molecule has 2 aromatic rings. The van der Waals surface area contributed by atoms with E-state index in [2.05, 4.69) is 20.2 Å². The van der Waals surface area contributed by atoms with Gasteiger partial charge in [0.2, 0.25) is 0 Å². The second-order valence-corrected chi connectivity index (χ2v) is 6.36. The van der Waals surface area contributed by atoms with Gasteiger partial charge in [0, 0.05) is 25.2 Å². The summed E-state index contributed by atoms with van der Waals surface area (Å²) in [5.41, 5.74) is 0.669. The number of amides is 1. The molecule has 26 heavy (non-hydrogen) atoms. The molecular weight excluding hydrogens is 356 g/mol. The molecule has 1 aliphatic heterocycles. The van der Waals surface area contributed by atoms with Crippen molar-refractivity contribution in [3.63, 3.8) is 0 Å². The fourth-order valence-corrected chi connectivity index (χ4v) is 3.10. The van der Waals surface area contributed by atoms with Gasteiger partial charge in [0.25, 0.3) is 5.91 Å². The Bertz CT molecular complexity index is 777. The van der Waals surface area contributed by atoms with Gasteiger partial charge in [-0.25, -0.2) is 9.97 Å². The van der Waals surface area contributed by atoms with Crippen molar-refractivity contribution in [3.05, 3.63) is 35.2 Å². The molecule has 3 rings (SSSR count). The van der Waals surface area contributed by atoms with E-state index in [0.29, 0.717) is 22.2 Å². The largest absolute Gasteiger partial charge is 0.495 e. The molecule has 7 nitrogen and oxygen atoms in total. The Labute approximate surface area is 157 Å². The number of carbonyl (C=O) groups is 1. The van der Waals surface area contributed by atoms with Gasteiger partial charge in [0.15, 0.2) is 0 Å². The maximum Gasteiger partial charge on any atom is 0.275 e. The molecule has 1 aliphatic rings. The zero-order valence-electron chi connectivity index (χ0n) is 14.8. The molecule has 0 saturated carbocycles. The Morgan fingerprint density at radius 1 is 1.08 bits per heavy atom. The van der Waals surface area contributed by atoms with Crippen LogP contribution in [0.5, 0.6) is 11.5 Å². The number of piperidine rings is 1. The quantitative estimate of drug-likeness (QED) is 0.861. The highest BCUT2D eigenvalue weighted by molar-refractivity contribution is 6.32. The molecule has 138 valence electrons. The van der Waals surface area contributed by atoms with Gasteiger partial charge in [-0.05, 0) is 19.3 Å². The number of nitrogens with zero attached hydrogens (tertiary/aromatic N) is 3. The van der Waals surface area contributed by atoms with E-state index in [0.717, 1.165) is 31.7 Å². The zero-order chi connectivity index (χ0) is 18.5. The first-order valence-corrected chi connectivity index (χ1v) is 8.80. The first-order chi connectivity index (χ1) is 12.6. The molecule has 0 atom stereocenters. The zero-order valence-corrected chi connectivity index (χ0v) is 15.5. The molecule has 0 radical (unpaired) electrons. The van der Waals surface area contributed by atoms with Gasteiger partial charge in [-0.15, -0.1) is 0 Å². The van der Waals surface area contributed by atoms with Gasteiger partial charge in [-0.1, -0.05) is 11.6 Å². The van der Waals surface area contributed by atoms with Crippen molar-refractivity contribution in [2.75, 3.05) is 37.5 Å². The third kappa shape index (κ3) is 3.99. The van der Waals surface area contributed by atoms with E-state index in [4.69, 9.17) is 21.1 Å². The summed E-state index contributed by atoms with van der Waals surface area (Å²) in [4.78, 5) is 23.3. The first-order valence-electron chi connectivity index (χ1n) is 8.42. The monoisotopic (exact) mass is 376 g/mol. The van der Waals surface area contributed by atoms with Gasteiger partial charge in [0.05, 0.1) is 37.3 Å². The molecule has 1 amide bonds. The summed E-state index contributed by atoms with van der Waals surface area (Å²) in [6, 6.07) is 3.19. The highest BCUT2D eigenvalue weighted by Crippen LogP contribution is 2.36. The van der Waals surface area contributed by atoms with E-state index in [1.165, 1.54) is 26.8 Å². The second kappa shape index (κ2) is 8.23. The van der Waals surface area contributed by atoms with E-state index in [1.54, 1.807) is 18.3 Å². The molecule has 1 aromatic carbocycles. The molecule has 1 aromatic heterocycles. The SMILES string of the molecule is COc1cc(NC(=O)c2cnc(N3CCCCC3)cn2)c(OC)cc1Cl. The van der Waals surface area contributed by atoms with Crippen LogP contribution in [0.1, 0.15) is 29.8 Å². The Morgan fingerprint density at radius 3 is 2.42 bits per heavy atom. The van der Waals surface area contributed by atoms with Crippen LogP contribution in [-0.4, -0.2) is 43.2 Å². The molecule has 0 aliphatic carbocycles. The normalized spacial score (nSPS) is 14.0.